The van der Waals surface area contributed by atoms with Crippen molar-refractivity contribution in [2.75, 3.05) is 20.6 Å². The maximum Gasteiger partial charge on any atom is 0.432 e. The van der Waals surface area contributed by atoms with Crippen LogP contribution in [0.1, 0.15) is 26.2 Å². The molecule has 0 spiro atoms. The van der Waals surface area contributed by atoms with Crippen molar-refractivity contribution in [2.45, 2.75) is 26.2 Å². The number of unbranched alkanes of at least 4 members (excludes halogenated alkanes) is 1. The molecular weight excluding hydrogens is 196 g/mol. The Morgan fingerprint density at radius 2 is 1.93 bits per heavy atom. The topological polar surface area (TPSA) is 54.5 Å². The minimum atomic E-state index is -0.412. The largest absolute Gasteiger partial charge is 0.432 e. The van der Waals surface area contributed by atoms with Crippen molar-refractivity contribution >= 4 is 17.8 Å². The highest BCUT2D eigenvalue weighted by Gasteiger charge is 2.49. The van der Waals surface area contributed by atoms with Crippen molar-refractivity contribution in [2.24, 2.45) is 0 Å². The van der Waals surface area contributed by atoms with E-state index >= 15 is 0 Å². The van der Waals surface area contributed by atoms with Gasteiger partial charge in [0.2, 0.25) is 5.91 Å². The highest BCUT2D eigenvalue weighted by Crippen LogP contribution is 2.19. The summed E-state index contributed by atoms with van der Waals surface area (Å²) < 4.78 is -0.268. The fourth-order valence-electron chi connectivity index (χ4n) is 1.66. The molecular formula is C10H17N2O3+. The molecule has 0 radical (unpaired) electrons. The summed E-state index contributed by atoms with van der Waals surface area (Å²) in [5.41, 5.74) is 0. The number of hydrogen-bond acceptors (Lipinski definition) is 3. The van der Waals surface area contributed by atoms with Crippen LogP contribution in [0, 0.1) is 0 Å². The molecule has 1 heterocycles. The van der Waals surface area contributed by atoms with Gasteiger partial charge in [0.1, 0.15) is 6.42 Å². The highest BCUT2D eigenvalue weighted by atomic mass is 16.2. The zero-order chi connectivity index (χ0) is 11.6. The Morgan fingerprint density at radius 3 is 2.47 bits per heavy atom. The van der Waals surface area contributed by atoms with E-state index in [0.29, 0.717) is 6.54 Å². The molecule has 1 rings (SSSR count). The van der Waals surface area contributed by atoms with E-state index in [1.807, 2.05) is 6.92 Å². The second-order valence-electron chi connectivity index (χ2n) is 4.07. The number of carbonyl (C=O) groups excluding carboxylic acids is 3. The van der Waals surface area contributed by atoms with Crippen molar-refractivity contribution in [1.82, 2.24) is 4.90 Å². The molecule has 1 aliphatic rings. The van der Waals surface area contributed by atoms with Gasteiger partial charge in [0, 0.05) is 7.05 Å². The van der Waals surface area contributed by atoms with Crippen molar-refractivity contribution in [3.63, 3.8) is 0 Å². The smallest absolute Gasteiger partial charge is 0.273 e. The van der Waals surface area contributed by atoms with Crippen LogP contribution in [0.4, 0.5) is 4.79 Å². The standard InChI is InChI=1S/C10H17N2O3/c1-4-5-6-12(3)9(14)7-8(13)11(2)10(12)15/h4-7H2,1-3H3/q+1. The molecule has 0 saturated carbocycles. The molecule has 1 atom stereocenters. The van der Waals surface area contributed by atoms with Crippen LogP contribution in [-0.4, -0.2) is 47.9 Å². The van der Waals surface area contributed by atoms with E-state index in [1.54, 1.807) is 7.05 Å². The Morgan fingerprint density at radius 1 is 1.33 bits per heavy atom. The van der Waals surface area contributed by atoms with Gasteiger partial charge in [-0.05, 0) is 6.42 Å². The summed E-state index contributed by atoms with van der Waals surface area (Å²) in [5, 5.41) is 0. The number of rotatable bonds is 3. The molecule has 84 valence electrons. The van der Waals surface area contributed by atoms with E-state index in [1.165, 1.54) is 7.05 Å². The summed E-state index contributed by atoms with van der Waals surface area (Å²) in [6.45, 7) is 2.48. The second-order valence-corrected chi connectivity index (χ2v) is 4.07. The number of amides is 4. The lowest BCUT2D eigenvalue weighted by Crippen LogP contribution is -2.64. The van der Waals surface area contributed by atoms with E-state index in [-0.39, 0.29) is 16.8 Å². The first-order valence-electron chi connectivity index (χ1n) is 5.13. The zero-order valence-electron chi connectivity index (χ0n) is 9.45. The molecule has 1 saturated heterocycles. The molecule has 0 N–H and O–H groups in total. The average Bonchev–Trinajstić information content (AvgIpc) is 2.21. The third-order valence-electron chi connectivity index (χ3n) is 2.90. The summed E-state index contributed by atoms with van der Waals surface area (Å²) >= 11 is 0. The van der Waals surface area contributed by atoms with Crippen LogP contribution in [0.25, 0.3) is 0 Å². The molecule has 0 aromatic rings. The first-order valence-corrected chi connectivity index (χ1v) is 5.13. The number of urea groups is 1. The average molecular weight is 213 g/mol. The zero-order valence-corrected chi connectivity index (χ0v) is 9.45. The summed E-state index contributed by atoms with van der Waals surface area (Å²) in [6.07, 6.45) is 1.56. The van der Waals surface area contributed by atoms with Gasteiger partial charge >= 0.3 is 11.9 Å². The molecule has 15 heavy (non-hydrogen) atoms. The van der Waals surface area contributed by atoms with Gasteiger partial charge in [0.25, 0.3) is 0 Å². The molecule has 0 aromatic heterocycles. The van der Waals surface area contributed by atoms with E-state index in [9.17, 15) is 14.4 Å². The summed E-state index contributed by atoms with van der Waals surface area (Å²) in [5.74, 6) is -0.700. The Bertz CT molecular complexity index is 314. The van der Waals surface area contributed by atoms with E-state index in [2.05, 4.69) is 0 Å². The van der Waals surface area contributed by atoms with Crippen molar-refractivity contribution in [1.29, 1.82) is 0 Å². The molecule has 1 aliphatic heterocycles. The Hall–Kier alpha value is -1.23. The molecule has 4 amide bonds. The first-order chi connectivity index (χ1) is 6.93. The van der Waals surface area contributed by atoms with Crippen LogP contribution in [0.2, 0.25) is 0 Å². The minimum absolute atomic E-state index is 0.164. The quantitative estimate of drug-likeness (QED) is 0.513. The van der Waals surface area contributed by atoms with Gasteiger partial charge in [-0.2, -0.15) is 4.48 Å². The Balaban J connectivity index is 2.91. The van der Waals surface area contributed by atoms with Gasteiger partial charge in [0.05, 0.1) is 13.6 Å². The Kier molecular flexibility index (Phi) is 3.24. The second kappa shape index (κ2) is 4.10. The minimum Gasteiger partial charge on any atom is -0.273 e. The van der Waals surface area contributed by atoms with E-state index in [4.69, 9.17) is 0 Å². The van der Waals surface area contributed by atoms with Gasteiger partial charge in [-0.1, -0.05) is 13.3 Å². The SMILES string of the molecule is CCCC[N+]1(C)C(=O)CC(=O)N(C)C1=O. The third kappa shape index (κ3) is 1.92. The number of hydrogen-bond donors (Lipinski definition) is 0. The lowest BCUT2D eigenvalue weighted by atomic mass is 10.2. The van der Waals surface area contributed by atoms with Crippen molar-refractivity contribution < 1.29 is 18.9 Å². The van der Waals surface area contributed by atoms with Crippen LogP contribution < -0.4 is 0 Å². The predicted octanol–water partition coefficient (Wildman–Crippen LogP) is 0.742. The van der Waals surface area contributed by atoms with Crippen LogP contribution >= 0.6 is 0 Å². The lowest BCUT2D eigenvalue weighted by Gasteiger charge is -2.35. The predicted molar refractivity (Wildman–Crippen MR) is 53.7 cm³/mol. The fraction of sp³-hybridized carbons (Fsp3) is 0.700. The number of quaternary nitrogens is 1. The normalized spacial score (nSPS) is 27.4. The van der Waals surface area contributed by atoms with E-state index in [0.717, 1.165) is 17.7 Å². The van der Waals surface area contributed by atoms with Gasteiger partial charge in [-0.15, -0.1) is 0 Å². The third-order valence-corrected chi connectivity index (χ3v) is 2.90. The van der Waals surface area contributed by atoms with E-state index < -0.39 is 11.9 Å². The fourth-order valence-corrected chi connectivity index (χ4v) is 1.66. The molecule has 1 fully saturated rings. The molecule has 0 aromatic carbocycles. The van der Waals surface area contributed by atoms with Crippen LogP contribution in [0.15, 0.2) is 0 Å². The monoisotopic (exact) mass is 213 g/mol. The van der Waals surface area contributed by atoms with Crippen LogP contribution in [-0.2, 0) is 9.59 Å². The number of imide groups is 2. The van der Waals surface area contributed by atoms with Gasteiger partial charge in [-0.25, -0.2) is 14.5 Å². The first kappa shape index (κ1) is 11.8. The Labute approximate surface area is 89.2 Å². The summed E-state index contributed by atoms with van der Waals surface area (Å²) in [6, 6.07) is -0.412. The summed E-state index contributed by atoms with van der Waals surface area (Å²) in [4.78, 5) is 35.8. The highest BCUT2D eigenvalue weighted by molar-refractivity contribution is 6.07. The lowest BCUT2D eigenvalue weighted by molar-refractivity contribution is -0.757. The summed E-state index contributed by atoms with van der Waals surface area (Å²) in [7, 11) is 3.02. The maximum absolute atomic E-state index is 11.8. The van der Waals surface area contributed by atoms with Crippen LogP contribution in [0.5, 0.6) is 0 Å². The van der Waals surface area contributed by atoms with Gasteiger partial charge in [-0.3, -0.25) is 4.79 Å². The van der Waals surface area contributed by atoms with Gasteiger partial charge in [0.15, 0.2) is 0 Å². The molecule has 0 bridgehead atoms. The number of barbiturate groups is 1. The molecule has 5 nitrogen and oxygen atoms in total. The molecule has 1 unspecified atom stereocenters. The van der Waals surface area contributed by atoms with Crippen LogP contribution in [0.3, 0.4) is 0 Å². The molecule has 5 heteroatoms. The number of nitrogens with zero attached hydrogens (tertiary/aromatic N) is 2. The maximum atomic E-state index is 11.8. The number of carbonyl (C=O) groups is 3. The van der Waals surface area contributed by atoms with Crippen molar-refractivity contribution in [3.8, 4) is 0 Å². The van der Waals surface area contributed by atoms with Gasteiger partial charge < -0.3 is 0 Å². The molecule has 0 aliphatic carbocycles. The van der Waals surface area contributed by atoms with Crippen molar-refractivity contribution in [3.05, 3.63) is 0 Å².